The summed E-state index contributed by atoms with van der Waals surface area (Å²) in [5.74, 6) is -1.08. The van der Waals surface area contributed by atoms with E-state index in [2.05, 4.69) is 11.4 Å². The smallest absolute Gasteiger partial charge is 0.259 e. The number of carbonyl (C=O) groups excluding carboxylic acids is 2. The molecule has 5 rings (SSSR count). The van der Waals surface area contributed by atoms with E-state index in [9.17, 15) is 18.2 Å². The second-order valence-corrected chi connectivity index (χ2v) is 10.5. The van der Waals surface area contributed by atoms with Gasteiger partial charge in [0.2, 0.25) is 0 Å². The van der Waals surface area contributed by atoms with Gasteiger partial charge in [0.05, 0.1) is 38.4 Å². The predicted octanol–water partition coefficient (Wildman–Crippen LogP) is 5.77. The molecule has 1 heterocycles. The molecule has 2 aliphatic rings. The second kappa shape index (κ2) is 10.6. The highest BCUT2D eigenvalue weighted by Crippen LogP contribution is 2.36. The van der Waals surface area contributed by atoms with Crippen molar-refractivity contribution in [2.45, 2.75) is 48.4 Å². The zero-order valence-corrected chi connectivity index (χ0v) is 20.7. The van der Waals surface area contributed by atoms with Gasteiger partial charge in [-0.2, -0.15) is 0 Å². The molecule has 0 unspecified atom stereocenters. The minimum absolute atomic E-state index is 0.0523. The monoisotopic (exact) mass is 502 g/mol. The molecule has 7 heteroatoms. The fourth-order valence-electron chi connectivity index (χ4n) is 4.73. The van der Waals surface area contributed by atoms with Gasteiger partial charge in [-0.1, -0.05) is 42.0 Å². The number of amides is 2. The summed E-state index contributed by atoms with van der Waals surface area (Å²) in [4.78, 5) is 28.9. The lowest BCUT2D eigenvalue weighted by molar-refractivity contribution is 0.0950. The Bertz CT molecular complexity index is 1380. The highest BCUT2D eigenvalue weighted by Gasteiger charge is 2.32. The first-order chi connectivity index (χ1) is 17.5. The number of halogens is 1. The second-order valence-electron chi connectivity index (χ2n) is 9.04. The van der Waals surface area contributed by atoms with E-state index in [0.29, 0.717) is 38.7 Å². The highest BCUT2D eigenvalue weighted by molar-refractivity contribution is 7.85. The maximum Gasteiger partial charge on any atom is 0.259 e. The van der Waals surface area contributed by atoms with Gasteiger partial charge in [-0.3, -0.25) is 9.59 Å². The van der Waals surface area contributed by atoms with Crippen LogP contribution in [0.1, 0.15) is 58.4 Å². The van der Waals surface area contributed by atoms with Crippen molar-refractivity contribution < 1.29 is 18.2 Å². The Kier molecular flexibility index (Phi) is 7.09. The van der Waals surface area contributed by atoms with Crippen LogP contribution in [0.25, 0.3) is 0 Å². The Morgan fingerprint density at radius 3 is 2.61 bits per heavy atom. The van der Waals surface area contributed by atoms with Crippen molar-refractivity contribution in [3.8, 4) is 0 Å². The SMILES string of the molecule is O=C(NCCC1=CCCCC1)c1ccc2c(c1)N(Cc1ccccc1F)C(=O)c1ccccc1[S@@]2=O. The lowest BCUT2D eigenvalue weighted by atomic mass is 9.97. The Hall–Kier alpha value is -3.58. The largest absolute Gasteiger partial charge is 0.352 e. The number of benzene rings is 3. The van der Waals surface area contributed by atoms with Crippen LogP contribution < -0.4 is 10.2 Å². The third-order valence-corrected chi connectivity index (χ3v) is 8.18. The summed E-state index contributed by atoms with van der Waals surface area (Å²) >= 11 is 0. The van der Waals surface area contributed by atoms with E-state index in [1.807, 2.05) is 0 Å². The van der Waals surface area contributed by atoms with E-state index in [0.717, 1.165) is 19.3 Å². The van der Waals surface area contributed by atoms with Crippen LogP contribution in [0, 0.1) is 5.82 Å². The summed E-state index contributed by atoms with van der Waals surface area (Å²) in [7, 11) is -1.64. The maximum atomic E-state index is 14.6. The molecular weight excluding hydrogens is 475 g/mol. The van der Waals surface area contributed by atoms with Crippen molar-refractivity contribution in [3.63, 3.8) is 0 Å². The van der Waals surface area contributed by atoms with Crippen LogP contribution in [0.5, 0.6) is 0 Å². The lowest BCUT2D eigenvalue weighted by Crippen LogP contribution is -2.31. The van der Waals surface area contributed by atoms with Gasteiger partial charge in [-0.05, 0) is 68.5 Å². The Labute approximate surface area is 212 Å². The zero-order chi connectivity index (χ0) is 25.1. The Morgan fingerprint density at radius 2 is 1.81 bits per heavy atom. The fourth-order valence-corrected chi connectivity index (χ4v) is 6.07. The minimum atomic E-state index is -1.64. The molecule has 1 aliphatic carbocycles. The van der Waals surface area contributed by atoms with Crippen molar-refractivity contribution in [2.24, 2.45) is 0 Å². The molecule has 5 nitrogen and oxygen atoms in total. The molecule has 0 spiro atoms. The quantitative estimate of drug-likeness (QED) is 0.435. The zero-order valence-electron chi connectivity index (χ0n) is 19.8. The van der Waals surface area contributed by atoms with Gasteiger partial charge in [0.1, 0.15) is 5.82 Å². The fraction of sp³-hybridized carbons (Fsp3) is 0.241. The Morgan fingerprint density at radius 1 is 1.00 bits per heavy atom. The molecule has 0 aromatic heterocycles. The summed E-state index contributed by atoms with van der Waals surface area (Å²) in [6, 6.07) is 17.9. The average Bonchev–Trinajstić information content (AvgIpc) is 2.99. The number of nitrogens with one attached hydrogen (secondary N) is 1. The molecule has 0 saturated carbocycles. The first kappa shape index (κ1) is 24.1. The summed E-state index contributed by atoms with van der Waals surface area (Å²) in [6.07, 6.45) is 7.66. The first-order valence-electron chi connectivity index (χ1n) is 12.2. The molecule has 1 atom stereocenters. The summed E-state index contributed by atoms with van der Waals surface area (Å²) in [6.45, 7) is 0.472. The van der Waals surface area contributed by atoms with Crippen molar-refractivity contribution in [1.29, 1.82) is 0 Å². The third-order valence-electron chi connectivity index (χ3n) is 6.68. The van der Waals surface area contributed by atoms with E-state index in [4.69, 9.17) is 0 Å². The van der Waals surface area contributed by atoms with Crippen molar-refractivity contribution in [1.82, 2.24) is 5.32 Å². The van der Waals surface area contributed by atoms with E-state index < -0.39 is 16.6 Å². The van der Waals surface area contributed by atoms with E-state index in [1.165, 1.54) is 29.4 Å². The van der Waals surface area contributed by atoms with Crippen LogP contribution in [0.15, 0.2) is 88.2 Å². The number of fused-ring (bicyclic) bond motifs is 2. The van der Waals surface area contributed by atoms with Gasteiger partial charge in [-0.25, -0.2) is 8.60 Å². The summed E-state index contributed by atoms with van der Waals surface area (Å²) < 4.78 is 28.1. The van der Waals surface area contributed by atoms with E-state index >= 15 is 0 Å². The van der Waals surface area contributed by atoms with Crippen LogP contribution in [0.2, 0.25) is 0 Å². The van der Waals surface area contributed by atoms with Crippen LogP contribution in [0.3, 0.4) is 0 Å². The van der Waals surface area contributed by atoms with Gasteiger partial charge < -0.3 is 10.2 Å². The van der Waals surface area contributed by atoms with Crippen molar-refractivity contribution in [2.75, 3.05) is 11.4 Å². The molecule has 184 valence electrons. The van der Waals surface area contributed by atoms with Crippen LogP contribution in [0.4, 0.5) is 10.1 Å². The molecule has 1 aliphatic heterocycles. The van der Waals surface area contributed by atoms with E-state index in [-0.39, 0.29) is 18.4 Å². The predicted molar refractivity (Wildman–Crippen MR) is 138 cm³/mol. The van der Waals surface area contributed by atoms with Gasteiger partial charge in [0.15, 0.2) is 0 Å². The highest BCUT2D eigenvalue weighted by atomic mass is 32.2. The normalized spacial score (nSPS) is 17.0. The van der Waals surface area contributed by atoms with Crippen LogP contribution >= 0.6 is 0 Å². The Balaban J connectivity index is 1.48. The average molecular weight is 503 g/mol. The number of nitrogens with zero attached hydrogens (tertiary/aromatic N) is 1. The number of rotatable bonds is 6. The standard InChI is InChI=1S/C29H27FN2O3S/c30-24-12-6-4-10-22(24)19-32-25-18-21(28(33)31-17-16-20-8-2-1-3-9-20)14-15-27(25)36(35)26-13-7-5-11-23(26)29(32)34/h4-8,10-15,18H,1-3,9,16-17,19H2,(H,31,33)/t36-/m0/s1. The molecule has 3 aromatic rings. The van der Waals surface area contributed by atoms with Crippen molar-refractivity contribution in [3.05, 3.63) is 101 Å². The topological polar surface area (TPSA) is 66.5 Å². The molecule has 0 fully saturated rings. The number of carbonyl (C=O) groups is 2. The molecule has 0 bridgehead atoms. The van der Waals surface area contributed by atoms with Crippen LogP contribution in [-0.2, 0) is 17.3 Å². The van der Waals surface area contributed by atoms with Gasteiger partial charge >= 0.3 is 0 Å². The maximum absolute atomic E-state index is 14.6. The number of hydrogen-bond donors (Lipinski definition) is 1. The van der Waals surface area contributed by atoms with E-state index in [1.54, 1.807) is 60.7 Å². The van der Waals surface area contributed by atoms with Gasteiger partial charge in [-0.15, -0.1) is 0 Å². The number of allylic oxidation sites excluding steroid dienone is 1. The van der Waals surface area contributed by atoms with Gasteiger partial charge in [0.25, 0.3) is 11.8 Å². The molecule has 1 N–H and O–H groups in total. The molecule has 36 heavy (non-hydrogen) atoms. The number of anilines is 1. The molecular formula is C29H27FN2O3S. The number of hydrogen-bond acceptors (Lipinski definition) is 3. The van der Waals surface area contributed by atoms with Crippen LogP contribution in [-0.4, -0.2) is 22.6 Å². The van der Waals surface area contributed by atoms with Gasteiger partial charge in [0, 0.05) is 17.7 Å². The molecule has 0 radical (unpaired) electrons. The minimum Gasteiger partial charge on any atom is -0.352 e. The molecule has 2 amide bonds. The lowest BCUT2D eigenvalue weighted by Gasteiger charge is -2.24. The third kappa shape index (κ3) is 4.88. The summed E-state index contributed by atoms with van der Waals surface area (Å²) in [5, 5.41) is 2.96. The molecule has 3 aromatic carbocycles. The summed E-state index contributed by atoms with van der Waals surface area (Å²) in [5.41, 5.74) is 2.71. The first-order valence-corrected chi connectivity index (χ1v) is 13.3. The molecule has 0 saturated heterocycles. The van der Waals surface area contributed by atoms with Crippen molar-refractivity contribution >= 4 is 28.3 Å².